The molecular formula is C11H8N2O4. The van der Waals surface area contributed by atoms with E-state index in [0.29, 0.717) is 5.75 Å². The summed E-state index contributed by atoms with van der Waals surface area (Å²) in [7, 11) is 0. The topological polar surface area (TPSA) is 85.5 Å². The van der Waals surface area contributed by atoms with Crippen LogP contribution in [0.1, 0.15) is 0 Å². The molecule has 17 heavy (non-hydrogen) atoms. The first kappa shape index (κ1) is 10.9. The molecule has 0 aliphatic rings. The predicted octanol–water partition coefficient (Wildman–Crippen LogP) is 2.49. The lowest BCUT2D eigenvalue weighted by Crippen LogP contribution is -1.93. The fourth-order valence-electron chi connectivity index (χ4n) is 1.24. The molecule has 0 spiro atoms. The van der Waals surface area contributed by atoms with Crippen LogP contribution in [-0.4, -0.2) is 15.0 Å². The van der Waals surface area contributed by atoms with Crippen LogP contribution in [0.25, 0.3) is 0 Å². The van der Waals surface area contributed by atoms with E-state index in [1.165, 1.54) is 36.5 Å². The van der Waals surface area contributed by atoms with E-state index in [2.05, 4.69) is 4.98 Å². The molecule has 0 fully saturated rings. The van der Waals surface area contributed by atoms with Crippen molar-refractivity contribution in [1.29, 1.82) is 0 Å². The van der Waals surface area contributed by atoms with Crippen molar-refractivity contribution in [1.82, 2.24) is 4.98 Å². The molecule has 0 aliphatic heterocycles. The van der Waals surface area contributed by atoms with Crippen molar-refractivity contribution in [3.63, 3.8) is 0 Å². The Bertz CT molecular complexity index is 539. The van der Waals surface area contributed by atoms with Gasteiger partial charge in [-0.1, -0.05) is 0 Å². The average molecular weight is 232 g/mol. The quantitative estimate of drug-likeness (QED) is 0.649. The summed E-state index contributed by atoms with van der Waals surface area (Å²) in [6, 6.07) is 7.30. The minimum Gasteiger partial charge on any atom is -0.508 e. The van der Waals surface area contributed by atoms with Crippen LogP contribution in [0.2, 0.25) is 0 Å². The smallest absolute Gasteiger partial charge is 0.329 e. The number of rotatable bonds is 3. The number of hydrogen-bond acceptors (Lipinski definition) is 5. The van der Waals surface area contributed by atoms with Crippen LogP contribution in [-0.2, 0) is 0 Å². The van der Waals surface area contributed by atoms with Gasteiger partial charge in [0.2, 0.25) is 5.75 Å². The second-order valence-electron chi connectivity index (χ2n) is 3.20. The number of ether oxygens (including phenoxy) is 1. The van der Waals surface area contributed by atoms with E-state index in [0.717, 1.165) is 6.20 Å². The van der Waals surface area contributed by atoms with Crippen LogP contribution >= 0.6 is 0 Å². The Labute approximate surface area is 96.3 Å². The first-order valence-electron chi connectivity index (χ1n) is 4.72. The molecule has 6 heteroatoms. The van der Waals surface area contributed by atoms with Crippen LogP contribution < -0.4 is 4.74 Å². The fourth-order valence-corrected chi connectivity index (χ4v) is 1.24. The summed E-state index contributed by atoms with van der Waals surface area (Å²) in [4.78, 5) is 13.8. The number of aromatic hydroxyl groups is 1. The zero-order valence-corrected chi connectivity index (χ0v) is 8.61. The molecule has 1 aromatic heterocycles. The SMILES string of the molecule is O=[N+]([O-])c1cnccc1Oc1ccc(O)cc1. The van der Waals surface area contributed by atoms with E-state index in [4.69, 9.17) is 9.84 Å². The molecule has 0 radical (unpaired) electrons. The molecule has 0 aliphatic carbocycles. The maximum Gasteiger partial charge on any atom is 0.329 e. The second-order valence-corrected chi connectivity index (χ2v) is 3.20. The van der Waals surface area contributed by atoms with Crippen LogP contribution in [0.15, 0.2) is 42.7 Å². The Balaban J connectivity index is 2.30. The molecule has 2 aromatic rings. The number of hydrogen-bond donors (Lipinski definition) is 1. The first-order chi connectivity index (χ1) is 8.16. The number of nitro groups is 1. The van der Waals surface area contributed by atoms with Gasteiger partial charge in [0.15, 0.2) is 0 Å². The molecule has 1 N–H and O–H groups in total. The third-order valence-electron chi connectivity index (χ3n) is 2.02. The predicted molar refractivity (Wildman–Crippen MR) is 59.1 cm³/mol. The van der Waals surface area contributed by atoms with Crippen LogP contribution in [0, 0.1) is 10.1 Å². The molecule has 0 amide bonds. The highest BCUT2D eigenvalue weighted by Gasteiger charge is 2.15. The summed E-state index contributed by atoms with van der Waals surface area (Å²) in [5, 5.41) is 19.8. The van der Waals surface area contributed by atoms with Gasteiger partial charge in [0.1, 0.15) is 17.7 Å². The Morgan fingerprint density at radius 3 is 2.59 bits per heavy atom. The van der Waals surface area contributed by atoms with Crippen molar-refractivity contribution in [2.75, 3.05) is 0 Å². The summed E-state index contributed by atoms with van der Waals surface area (Å²) >= 11 is 0. The molecule has 1 aromatic carbocycles. The summed E-state index contributed by atoms with van der Waals surface area (Å²) in [5.74, 6) is 0.606. The summed E-state index contributed by atoms with van der Waals surface area (Å²) in [5.41, 5.74) is -0.208. The third-order valence-corrected chi connectivity index (χ3v) is 2.02. The van der Waals surface area contributed by atoms with Gasteiger partial charge in [0.05, 0.1) is 4.92 Å². The number of aromatic nitrogens is 1. The highest BCUT2D eigenvalue weighted by molar-refractivity contribution is 5.46. The van der Waals surface area contributed by atoms with E-state index >= 15 is 0 Å². The Hall–Kier alpha value is -2.63. The Kier molecular flexibility index (Phi) is 2.87. The standard InChI is InChI=1S/C11H8N2O4/c14-8-1-3-9(4-2-8)17-11-5-6-12-7-10(11)13(15)16/h1-7,14H. The number of phenolic OH excluding ortho intramolecular Hbond substituents is 1. The summed E-state index contributed by atoms with van der Waals surface area (Å²) in [6.07, 6.45) is 2.53. The molecule has 1 heterocycles. The van der Waals surface area contributed by atoms with Crippen LogP contribution in [0.3, 0.4) is 0 Å². The van der Waals surface area contributed by atoms with Crippen LogP contribution in [0.4, 0.5) is 5.69 Å². The van der Waals surface area contributed by atoms with Gasteiger partial charge in [-0.05, 0) is 24.3 Å². The highest BCUT2D eigenvalue weighted by Crippen LogP contribution is 2.30. The second kappa shape index (κ2) is 4.48. The van der Waals surface area contributed by atoms with Crippen molar-refractivity contribution in [3.8, 4) is 17.2 Å². The lowest BCUT2D eigenvalue weighted by Gasteiger charge is -2.05. The van der Waals surface area contributed by atoms with Gasteiger partial charge in [-0.15, -0.1) is 0 Å². The number of pyridine rings is 1. The van der Waals surface area contributed by atoms with Gasteiger partial charge in [0, 0.05) is 12.3 Å². The zero-order chi connectivity index (χ0) is 12.3. The minimum absolute atomic E-state index is 0.0987. The van der Waals surface area contributed by atoms with E-state index in [1.807, 2.05) is 0 Å². The van der Waals surface area contributed by atoms with Crippen LogP contribution in [0.5, 0.6) is 17.2 Å². The largest absolute Gasteiger partial charge is 0.508 e. The van der Waals surface area contributed by atoms with Gasteiger partial charge in [-0.3, -0.25) is 15.1 Å². The molecule has 2 rings (SSSR count). The number of nitrogens with zero attached hydrogens (tertiary/aromatic N) is 2. The Morgan fingerprint density at radius 1 is 1.24 bits per heavy atom. The lowest BCUT2D eigenvalue weighted by molar-refractivity contribution is -0.386. The summed E-state index contributed by atoms with van der Waals surface area (Å²) < 4.78 is 5.33. The van der Waals surface area contributed by atoms with Crippen molar-refractivity contribution in [2.24, 2.45) is 0 Å². The Morgan fingerprint density at radius 2 is 1.94 bits per heavy atom. The lowest BCUT2D eigenvalue weighted by atomic mass is 10.3. The zero-order valence-electron chi connectivity index (χ0n) is 8.61. The van der Waals surface area contributed by atoms with Gasteiger partial charge in [0.25, 0.3) is 0 Å². The van der Waals surface area contributed by atoms with Crippen molar-refractivity contribution in [3.05, 3.63) is 52.8 Å². The van der Waals surface area contributed by atoms with Gasteiger partial charge in [-0.25, -0.2) is 0 Å². The average Bonchev–Trinajstić information content (AvgIpc) is 2.32. The first-order valence-corrected chi connectivity index (χ1v) is 4.72. The number of phenols is 1. The molecule has 0 saturated heterocycles. The minimum atomic E-state index is -0.567. The van der Waals surface area contributed by atoms with E-state index in [-0.39, 0.29) is 17.2 Å². The van der Waals surface area contributed by atoms with Gasteiger partial charge < -0.3 is 9.84 Å². The van der Waals surface area contributed by atoms with Crippen molar-refractivity contribution in [2.45, 2.75) is 0 Å². The number of benzene rings is 1. The maximum absolute atomic E-state index is 10.7. The van der Waals surface area contributed by atoms with E-state index in [9.17, 15) is 10.1 Å². The summed E-state index contributed by atoms with van der Waals surface area (Å²) in [6.45, 7) is 0. The normalized spacial score (nSPS) is 9.88. The monoisotopic (exact) mass is 232 g/mol. The molecule has 0 bridgehead atoms. The van der Waals surface area contributed by atoms with Gasteiger partial charge in [-0.2, -0.15) is 0 Å². The van der Waals surface area contributed by atoms with Crippen molar-refractivity contribution < 1.29 is 14.8 Å². The van der Waals surface area contributed by atoms with Gasteiger partial charge >= 0.3 is 5.69 Å². The highest BCUT2D eigenvalue weighted by atomic mass is 16.6. The molecule has 6 nitrogen and oxygen atoms in total. The molecule has 0 unspecified atom stereocenters. The van der Waals surface area contributed by atoms with E-state index < -0.39 is 4.92 Å². The maximum atomic E-state index is 10.7. The molecule has 0 saturated carbocycles. The molecule has 0 atom stereocenters. The van der Waals surface area contributed by atoms with E-state index in [1.54, 1.807) is 0 Å². The molecule has 86 valence electrons. The third kappa shape index (κ3) is 2.49. The van der Waals surface area contributed by atoms with Crippen molar-refractivity contribution >= 4 is 5.69 Å². The molecular weight excluding hydrogens is 224 g/mol. The fraction of sp³-hybridized carbons (Fsp3) is 0.